The predicted octanol–water partition coefficient (Wildman–Crippen LogP) is 1.99. The molecule has 8 amide bonds. The van der Waals surface area contributed by atoms with Crippen molar-refractivity contribution in [3.05, 3.63) is 121 Å². The highest BCUT2D eigenvalue weighted by Gasteiger charge is 2.46. The van der Waals surface area contributed by atoms with E-state index in [0.29, 0.717) is 72.7 Å². The van der Waals surface area contributed by atoms with Crippen molar-refractivity contribution >= 4 is 164 Å². The summed E-state index contributed by atoms with van der Waals surface area (Å²) in [5.74, 6) is -17.3. The number of benzene rings is 1. The molecule has 1 aliphatic carbocycles. The number of alkyl carbamates (subject to hydrolysis) is 1. The lowest BCUT2D eigenvalue weighted by atomic mass is 9.84. The Hall–Kier alpha value is -12.0. The van der Waals surface area contributed by atoms with Crippen molar-refractivity contribution in [2.45, 2.75) is 147 Å². The molecule has 6 aromatic rings. The number of aliphatic carboxylic acids is 2. The lowest BCUT2D eigenvalue weighted by molar-refractivity contribution is -0.142. The molecule has 120 heavy (non-hydrogen) atoms. The van der Waals surface area contributed by atoms with Gasteiger partial charge in [-0.15, -0.1) is 0 Å². The molecule has 3 aliphatic rings. The number of amides is 8. The fourth-order valence-electron chi connectivity index (χ4n) is 13.8. The Morgan fingerprint density at radius 1 is 0.650 bits per heavy atom. The van der Waals surface area contributed by atoms with E-state index < -0.39 is 195 Å². The predicted molar refractivity (Wildman–Crippen MR) is 434 cm³/mol. The maximum absolute atomic E-state index is 14.5. The first-order valence-electron chi connectivity index (χ1n) is 37.5. The molecule has 0 saturated carbocycles. The summed E-state index contributed by atoms with van der Waals surface area (Å²) in [6.07, 6.45) is -2.34. The first kappa shape index (κ1) is 91.9. The van der Waals surface area contributed by atoms with Crippen LogP contribution in [-0.4, -0.2) is 240 Å². The summed E-state index contributed by atoms with van der Waals surface area (Å²) in [5, 5.41) is 41.5. The van der Waals surface area contributed by atoms with Crippen LogP contribution in [0.4, 0.5) is 16.4 Å². The minimum atomic E-state index is -4.66. The van der Waals surface area contributed by atoms with Crippen LogP contribution < -0.4 is 59.1 Å². The van der Waals surface area contributed by atoms with Gasteiger partial charge in [0.1, 0.15) is 36.7 Å². The lowest BCUT2D eigenvalue weighted by Gasteiger charge is -2.24. The molecule has 8 bridgehead atoms. The van der Waals surface area contributed by atoms with E-state index in [1.807, 2.05) is 32.0 Å². The van der Waals surface area contributed by atoms with Gasteiger partial charge < -0.3 is 83.2 Å². The fraction of sp³-hybridized carbons (Fsp3) is 0.446. The lowest BCUT2D eigenvalue weighted by Crippen LogP contribution is -2.57. The number of hydrogen-bond acceptors (Lipinski definition) is 29. The number of aromatic nitrogens is 8. The number of anilines is 2. The van der Waals surface area contributed by atoms with E-state index in [1.165, 1.54) is 44.5 Å². The molecule has 0 radical (unpaired) electrons. The van der Waals surface area contributed by atoms with E-state index in [9.17, 15) is 103 Å². The molecule has 18 N–H and O–H groups in total. The second kappa shape index (κ2) is 40.6. The highest BCUT2D eigenvalue weighted by Crippen LogP contribution is 2.49. The van der Waals surface area contributed by atoms with Crippen LogP contribution in [0.5, 0.6) is 0 Å². The van der Waals surface area contributed by atoms with E-state index in [0.717, 1.165) is 39.4 Å². The summed E-state index contributed by atoms with van der Waals surface area (Å²) in [5.41, 5.74) is 12.7. The highest BCUT2D eigenvalue weighted by atomic mass is 33.1. The number of carboxylic acids is 2. The molecule has 7 heterocycles. The van der Waals surface area contributed by atoms with Crippen LogP contribution in [0.2, 0.25) is 0 Å². The molecule has 9 rings (SSSR count). The summed E-state index contributed by atoms with van der Waals surface area (Å²) < 4.78 is 74.6. The summed E-state index contributed by atoms with van der Waals surface area (Å²) >= 11 is 0. The van der Waals surface area contributed by atoms with Gasteiger partial charge in [0.05, 0.1) is 66.6 Å². The monoisotopic (exact) mass is 1740 g/mol. The summed E-state index contributed by atoms with van der Waals surface area (Å²) in [4.78, 5) is 218. The summed E-state index contributed by atoms with van der Waals surface area (Å²) in [7, 11) is -6.30. The van der Waals surface area contributed by atoms with Crippen molar-refractivity contribution in [3.63, 3.8) is 0 Å². The Morgan fingerprint density at radius 3 is 1.87 bits per heavy atom. The second-order valence-corrected chi connectivity index (χ2v) is 34.1. The van der Waals surface area contributed by atoms with Crippen molar-refractivity contribution in [2.75, 3.05) is 74.0 Å². The van der Waals surface area contributed by atoms with Crippen LogP contribution in [0, 0.1) is 13.8 Å². The molecule has 5 aromatic heterocycles. The number of ether oxygens (including phenoxy) is 2. The highest BCUT2D eigenvalue weighted by molar-refractivity contribution is 8.76. The number of Topliss-reactive ketones (excluding diaryl/α,β-unsaturated/α-hetero) is 2. The number of esters is 1. The minimum Gasteiger partial charge on any atom is -0.480 e. The van der Waals surface area contributed by atoms with Crippen molar-refractivity contribution in [3.8, 4) is 0 Å². The van der Waals surface area contributed by atoms with Crippen molar-refractivity contribution in [2.24, 2.45) is 0 Å². The molecule has 46 heteroatoms. The maximum Gasteiger partial charge on any atom is 0.407 e. The van der Waals surface area contributed by atoms with Gasteiger partial charge in [-0.05, 0) is 93.6 Å². The number of hydrogen-bond donors (Lipinski definition) is 17. The fourth-order valence-corrected chi connectivity index (χ4v) is 16.5. The Bertz CT molecular complexity index is 5510. The second-order valence-electron chi connectivity index (χ2n) is 28.3. The van der Waals surface area contributed by atoms with E-state index in [-0.39, 0.29) is 85.1 Å². The van der Waals surface area contributed by atoms with Gasteiger partial charge in [0.2, 0.25) is 41.4 Å². The van der Waals surface area contributed by atoms with E-state index in [2.05, 4.69) is 91.6 Å². The largest absolute Gasteiger partial charge is 0.480 e. The van der Waals surface area contributed by atoms with Crippen LogP contribution in [0.1, 0.15) is 178 Å². The zero-order chi connectivity index (χ0) is 87.8. The molecule has 0 spiro atoms. The Labute approximate surface area is 691 Å². The SMILES string of the molecule is CC[C@H]1c2cc3[nH]c4c(c3C)C(=O)C(C(=O)OC)c4c3nc(cc4[nH]c(cc(n2)[C@@H]1C)c(C(C)=O)c4C)[C@@H](C)[C@@H]3CCC(=O)NCCNC(=O)OCCSSC[C@H](NC(=O)[C@H](CC(=O)NCCS(=O)(=O)O)NC(=O)[C@H](CC(=O)NCCS(=O)(=O)O)NC(=O)CC[C@H](NC(=O)c1ccc(NCc2cnc3nc(N)[nH]c(=O)c3n2)cc1)C(=O)O)C(=O)O. The Balaban J connectivity index is 0.778. The van der Waals surface area contributed by atoms with Crippen LogP contribution in [0.15, 0.2) is 53.5 Å². The molecule has 9 atom stereocenters. The average molecular weight is 1740 g/mol. The number of carbonyl (C=O) groups is 13. The standard InChI is InChI=1S/C74H90N18O24S4/c1-8-41-33(2)44-27-49-57(37(6)93)35(4)46(84-49)25-45-34(3)42(61(86-45)59-60(72(107)115-7)64(98)58-36(5)47(87-62(58)59)26-48(41)83-44)13-15-53(94)76-17-18-79-74(108)116-21-22-117-118-32-52(71(105)106)90-68(101)51(29-56(97)78-20-24-120(112,113)114)89-67(100)50(28-55(96)77-19-23-119(109,110)111)85-54(95)16-14-43(70(103)104)88-66(99)38-9-11-39(12-10-38)80-30-40-31-81-65-63(82-40)69(102)92-73(75)91-65/h9-12,25-27,31,33-34,41-43,50-52,60,80,84,87H,8,13-24,28-30,32H2,1-7H3,(H,76,94)(H,77,96)(H,78,97)(H,79,108)(H,85,95)(H,88,99)(H,89,100)(H,90,101)(H,103,104)(H,105,106)(H,109,110,111)(H,112,113,114)(H3,75,81,91,92,102)/t33-,34+,41-,42+,43+,50+,51+,52+,60?/m1/s1. The molecule has 0 fully saturated rings. The minimum absolute atomic E-state index is 0.00181. The third-order valence-corrected chi connectivity index (χ3v) is 23.8. The molecule has 644 valence electrons. The van der Waals surface area contributed by atoms with Gasteiger partial charge >= 0.3 is 24.0 Å². The number of fused-ring (bicyclic) bond motifs is 9. The number of carbonyl (C=O) groups excluding carboxylic acids is 11. The van der Waals surface area contributed by atoms with Crippen molar-refractivity contribution in [1.29, 1.82) is 0 Å². The average Bonchev–Trinajstić information content (AvgIpc) is 1.56. The Kier molecular flexibility index (Phi) is 31.1. The third kappa shape index (κ3) is 24.1. The van der Waals surface area contributed by atoms with Crippen LogP contribution in [-0.2, 0) is 79.4 Å². The number of H-pyrrole nitrogens is 3. The van der Waals surface area contributed by atoms with Crippen molar-refractivity contribution in [1.82, 2.24) is 82.4 Å². The van der Waals surface area contributed by atoms with E-state index >= 15 is 0 Å². The molecular formula is C74H90N18O24S4. The maximum atomic E-state index is 14.5. The van der Waals surface area contributed by atoms with Crippen LogP contribution >= 0.6 is 21.6 Å². The normalized spacial score (nSPS) is 16.5. The molecular weight excluding hydrogens is 1650 g/mol. The molecule has 2 aliphatic heterocycles. The molecule has 1 aromatic carbocycles. The number of nitrogen functional groups attached to an aromatic ring is 1. The first-order valence-corrected chi connectivity index (χ1v) is 43.2. The number of ketones is 2. The number of carboxylic acid groups (broad SMARTS) is 2. The van der Waals surface area contributed by atoms with Gasteiger partial charge in [-0.25, -0.2) is 24.4 Å². The number of nitrogens with zero attached hydrogens (tertiary/aromatic N) is 5. The Morgan fingerprint density at radius 2 is 1.24 bits per heavy atom. The molecule has 42 nitrogen and oxygen atoms in total. The summed E-state index contributed by atoms with van der Waals surface area (Å²) in [6, 6.07) is 3.44. The molecule has 1 unspecified atom stereocenters. The number of nitrogens with two attached hydrogens (primary N) is 1. The number of nitrogens with one attached hydrogen (secondary N) is 12. The van der Waals surface area contributed by atoms with Crippen LogP contribution in [0.3, 0.4) is 0 Å². The van der Waals surface area contributed by atoms with E-state index in [1.54, 1.807) is 6.92 Å². The van der Waals surface area contributed by atoms with Crippen LogP contribution in [0.25, 0.3) is 33.2 Å². The number of methoxy groups -OCH3 is 1. The quantitative estimate of drug-likeness (QED) is 0.00653. The van der Waals surface area contributed by atoms with Gasteiger partial charge in [-0.3, -0.25) is 76.8 Å². The first-order chi connectivity index (χ1) is 56.7. The smallest absolute Gasteiger partial charge is 0.407 e. The number of aryl methyl sites for hydroxylation is 2. The van der Waals surface area contributed by atoms with Gasteiger partial charge in [0, 0.05) is 130 Å². The number of aromatic amines is 3. The van der Waals surface area contributed by atoms with Gasteiger partial charge in [0.25, 0.3) is 31.7 Å². The van der Waals surface area contributed by atoms with Crippen molar-refractivity contribution < 1.29 is 108 Å². The molecule has 0 saturated heterocycles. The topological polar surface area (TPSA) is 653 Å². The number of rotatable bonds is 40. The van der Waals surface area contributed by atoms with Gasteiger partial charge in [-0.1, -0.05) is 42.4 Å². The van der Waals surface area contributed by atoms with Gasteiger partial charge in [-0.2, -0.15) is 21.8 Å². The summed E-state index contributed by atoms with van der Waals surface area (Å²) in [6.45, 7) is 9.33. The zero-order valence-electron chi connectivity index (χ0n) is 65.7. The third-order valence-electron chi connectivity index (χ3n) is 20.0. The zero-order valence-corrected chi connectivity index (χ0v) is 69.0. The van der Waals surface area contributed by atoms with Gasteiger partial charge in [0.15, 0.2) is 22.7 Å². The van der Waals surface area contributed by atoms with E-state index in [4.69, 9.17) is 25.2 Å².